The first-order valence-electron chi connectivity index (χ1n) is 13.6. The molecule has 0 unspecified atom stereocenters. The van der Waals surface area contributed by atoms with E-state index < -0.39 is 44.7 Å². The molecule has 1 saturated carbocycles. The molecule has 0 spiro atoms. The Kier molecular flexibility index (Phi) is 9.76. The zero-order chi connectivity index (χ0) is 31.0. The first kappa shape index (κ1) is 33.1. The Bertz CT molecular complexity index is 1370. The number of anilines is 1. The van der Waals surface area contributed by atoms with E-state index in [0.717, 1.165) is 5.56 Å². The second-order valence-electron chi connectivity index (χ2n) is 11.9. The highest BCUT2D eigenvalue weighted by Crippen LogP contribution is 2.38. The number of rotatable bonds is 10. The number of hydrogen-bond acceptors (Lipinski definition) is 7. The number of pyridine rings is 1. The van der Waals surface area contributed by atoms with Crippen LogP contribution in [-0.4, -0.2) is 69.6 Å². The Balaban J connectivity index is 1.85. The highest BCUT2D eigenvalue weighted by molar-refractivity contribution is 7.91. The zero-order valence-corrected chi connectivity index (χ0v) is 25.8. The standard InChI is InChI=1S/C27H39ClF3N5O4S/c1-7-36-23(19-13-32-20(12-18(19)16(2)3)34-25(4,5)14-27(29,30)31)21(28)22(35-36)24(37)33-15-26(38)10-8-17(9-11-26)41(6,39)40/h12-13,16-17,38H,7-11,14-15H2,1-6H3,(H,32,34)(H,33,37). The molecule has 0 saturated heterocycles. The molecule has 3 rings (SSSR count). The van der Waals surface area contributed by atoms with Crippen molar-refractivity contribution >= 4 is 33.2 Å². The summed E-state index contributed by atoms with van der Waals surface area (Å²) in [7, 11) is -3.20. The predicted octanol–water partition coefficient (Wildman–Crippen LogP) is 5.33. The molecule has 0 bridgehead atoms. The van der Waals surface area contributed by atoms with Gasteiger partial charge < -0.3 is 15.7 Å². The number of halogens is 4. The number of aromatic nitrogens is 3. The van der Waals surface area contributed by atoms with E-state index in [-0.39, 0.29) is 41.8 Å². The maximum atomic E-state index is 13.1. The molecule has 0 radical (unpaired) electrons. The summed E-state index contributed by atoms with van der Waals surface area (Å²) in [4.78, 5) is 17.5. The van der Waals surface area contributed by atoms with Gasteiger partial charge in [0.05, 0.1) is 28.0 Å². The molecule has 1 aliphatic rings. The van der Waals surface area contributed by atoms with Crippen LogP contribution in [0.15, 0.2) is 12.3 Å². The Morgan fingerprint density at radius 1 is 1.27 bits per heavy atom. The predicted molar refractivity (Wildman–Crippen MR) is 153 cm³/mol. The molecular weight excluding hydrogens is 583 g/mol. The fourth-order valence-electron chi connectivity index (χ4n) is 5.24. The van der Waals surface area contributed by atoms with Crippen molar-refractivity contribution in [2.24, 2.45) is 0 Å². The van der Waals surface area contributed by atoms with E-state index in [9.17, 15) is 31.5 Å². The second-order valence-corrected chi connectivity index (χ2v) is 14.6. The van der Waals surface area contributed by atoms with Crippen molar-refractivity contribution in [1.29, 1.82) is 0 Å². The van der Waals surface area contributed by atoms with Crippen molar-refractivity contribution in [1.82, 2.24) is 20.1 Å². The molecule has 3 N–H and O–H groups in total. The number of sulfone groups is 1. The van der Waals surface area contributed by atoms with Gasteiger partial charge in [-0.15, -0.1) is 0 Å². The second kappa shape index (κ2) is 12.1. The summed E-state index contributed by atoms with van der Waals surface area (Å²) in [6, 6.07) is 1.68. The number of alkyl halides is 3. The number of aliphatic hydroxyl groups is 1. The lowest BCUT2D eigenvalue weighted by Crippen LogP contribution is -2.47. The average Bonchev–Trinajstić information content (AvgIpc) is 3.16. The van der Waals surface area contributed by atoms with E-state index in [0.29, 0.717) is 30.6 Å². The molecule has 0 aliphatic heterocycles. The summed E-state index contributed by atoms with van der Waals surface area (Å²) < 4.78 is 64.3. The quantitative estimate of drug-likeness (QED) is 0.327. The van der Waals surface area contributed by atoms with Crippen LogP contribution >= 0.6 is 11.6 Å². The minimum absolute atomic E-state index is 0.0415. The summed E-state index contributed by atoms with van der Waals surface area (Å²) >= 11 is 6.72. The lowest BCUT2D eigenvalue weighted by molar-refractivity contribution is -0.142. The van der Waals surface area contributed by atoms with Gasteiger partial charge in [-0.25, -0.2) is 13.4 Å². The Morgan fingerprint density at radius 3 is 2.39 bits per heavy atom. The Morgan fingerprint density at radius 2 is 1.88 bits per heavy atom. The molecule has 14 heteroatoms. The molecule has 1 amide bonds. The lowest BCUT2D eigenvalue weighted by atomic mass is 9.84. The highest BCUT2D eigenvalue weighted by atomic mass is 35.5. The van der Waals surface area contributed by atoms with Crippen LogP contribution in [0.2, 0.25) is 5.02 Å². The largest absolute Gasteiger partial charge is 0.391 e. The normalized spacial score (nSPS) is 20.3. The first-order chi connectivity index (χ1) is 18.8. The number of hydrogen-bond donors (Lipinski definition) is 3. The topological polar surface area (TPSA) is 126 Å². The van der Waals surface area contributed by atoms with Crippen molar-refractivity contribution in [2.45, 2.75) is 102 Å². The number of nitrogens with zero attached hydrogens (tertiary/aromatic N) is 3. The van der Waals surface area contributed by atoms with Gasteiger partial charge in [0.25, 0.3) is 5.91 Å². The molecule has 2 heterocycles. The van der Waals surface area contributed by atoms with Crippen molar-refractivity contribution < 1.29 is 31.5 Å². The van der Waals surface area contributed by atoms with Crippen LogP contribution in [0.3, 0.4) is 0 Å². The van der Waals surface area contributed by atoms with Crippen molar-refractivity contribution in [3.8, 4) is 11.3 Å². The summed E-state index contributed by atoms with van der Waals surface area (Å²) in [5.74, 6) is -0.375. The highest BCUT2D eigenvalue weighted by Gasteiger charge is 2.38. The fourth-order valence-corrected chi connectivity index (χ4v) is 6.66. The summed E-state index contributed by atoms with van der Waals surface area (Å²) in [5.41, 5.74) is -0.773. The third-order valence-electron chi connectivity index (χ3n) is 7.38. The van der Waals surface area contributed by atoms with Crippen LogP contribution in [0.1, 0.15) is 88.7 Å². The van der Waals surface area contributed by atoms with E-state index in [1.807, 2.05) is 20.8 Å². The van der Waals surface area contributed by atoms with E-state index in [4.69, 9.17) is 11.6 Å². The maximum absolute atomic E-state index is 13.1. The number of amides is 1. The molecule has 2 aromatic heterocycles. The Hall–Kier alpha value is -2.38. The summed E-state index contributed by atoms with van der Waals surface area (Å²) in [6.07, 6.45) is -1.60. The number of aryl methyl sites for hydroxylation is 1. The third kappa shape index (κ3) is 8.35. The fraction of sp³-hybridized carbons (Fsp3) is 0.667. The molecule has 0 atom stereocenters. The Labute approximate surface area is 244 Å². The molecule has 2 aromatic rings. The van der Waals surface area contributed by atoms with Crippen molar-refractivity contribution in [3.05, 3.63) is 28.5 Å². The van der Waals surface area contributed by atoms with Gasteiger partial charge in [-0.1, -0.05) is 25.4 Å². The van der Waals surface area contributed by atoms with E-state index in [2.05, 4.69) is 20.7 Å². The van der Waals surface area contributed by atoms with Gasteiger partial charge in [-0.05, 0) is 64.0 Å². The van der Waals surface area contributed by atoms with Crippen LogP contribution in [-0.2, 0) is 16.4 Å². The number of carbonyl (C=O) groups excluding carboxylic acids is 1. The third-order valence-corrected chi connectivity index (χ3v) is 9.42. The maximum Gasteiger partial charge on any atom is 0.391 e. The van der Waals surface area contributed by atoms with Gasteiger partial charge in [0.2, 0.25) is 0 Å². The number of nitrogens with one attached hydrogen (secondary N) is 2. The summed E-state index contributed by atoms with van der Waals surface area (Å²) in [5, 5.41) is 20.5. The molecular formula is C27H39ClF3N5O4S. The van der Waals surface area contributed by atoms with Gasteiger partial charge in [0.1, 0.15) is 15.7 Å². The van der Waals surface area contributed by atoms with Gasteiger partial charge >= 0.3 is 6.18 Å². The van der Waals surface area contributed by atoms with Crippen LogP contribution in [0, 0.1) is 0 Å². The van der Waals surface area contributed by atoms with Crippen LogP contribution in [0.4, 0.5) is 19.0 Å². The smallest absolute Gasteiger partial charge is 0.388 e. The molecule has 0 aromatic carbocycles. The summed E-state index contributed by atoms with van der Waals surface area (Å²) in [6.45, 7) is 8.87. The van der Waals surface area contributed by atoms with E-state index >= 15 is 0 Å². The van der Waals surface area contributed by atoms with Gasteiger partial charge in [-0.3, -0.25) is 9.48 Å². The average molecular weight is 622 g/mol. The molecule has 230 valence electrons. The van der Waals surface area contributed by atoms with Crippen LogP contribution < -0.4 is 10.6 Å². The number of carbonyl (C=O) groups is 1. The lowest BCUT2D eigenvalue weighted by Gasteiger charge is -2.35. The molecule has 1 fully saturated rings. The first-order valence-corrected chi connectivity index (χ1v) is 15.9. The molecule has 1 aliphatic carbocycles. The van der Waals surface area contributed by atoms with Crippen molar-refractivity contribution in [2.75, 3.05) is 18.1 Å². The van der Waals surface area contributed by atoms with E-state index in [1.165, 1.54) is 26.3 Å². The van der Waals surface area contributed by atoms with Gasteiger partial charge in [-0.2, -0.15) is 18.3 Å². The molecule has 41 heavy (non-hydrogen) atoms. The van der Waals surface area contributed by atoms with E-state index in [1.54, 1.807) is 10.7 Å². The minimum atomic E-state index is -4.35. The SMILES string of the molecule is CCn1nc(C(=O)NCC2(O)CCC(S(C)(=O)=O)CC2)c(Cl)c1-c1cnc(NC(C)(C)CC(F)(F)F)cc1C(C)C. The minimum Gasteiger partial charge on any atom is -0.388 e. The van der Waals surface area contributed by atoms with Gasteiger partial charge in [0.15, 0.2) is 5.69 Å². The van der Waals surface area contributed by atoms with Crippen molar-refractivity contribution in [3.63, 3.8) is 0 Å². The zero-order valence-electron chi connectivity index (χ0n) is 24.2. The van der Waals surface area contributed by atoms with Crippen LogP contribution in [0.5, 0.6) is 0 Å². The van der Waals surface area contributed by atoms with Gasteiger partial charge in [0, 0.05) is 36.6 Å². The monoisotopic (exact) mass is 621 g/mol. The molecule has 9 nitrogen and oxygen atoms in total. The van der Waals surface area contributed by atoms with Crippen LogP contribution in [0.25, 0.3) is 11.3 Å².